The summed E-state index contributed by atoms with van der Waals surface area (Å²) in [5, 5.41) is 1.35. The molecule has 0 radical (unpaired) electrons. The number of ether oxygens (including phenoxy) is 2. The van der Waals surface area contributed by atoms with Crippen LogP contribution in [0.3, 0.4) is 0 Å². The van der Waals surface area contributed by atoms with E-state index in [4.69, 9.17) is 15.2 Å². The molecule has 1 fully saturated rings. The highest BCUT2D eigenvalue weighted by Crippen LogP contribution is 2.41. The van der Waals surface area contributed by atoms with Gasteiger partial charge in [0, 0.05) is 11.5 Å². The molecule has 0 aliphatic heterocycles. The van der Waals surface area contributed by atoms with Crippen molar-refractivity contribution in [1.82, 2.24) is 19.6 Å². The van der Waals surface area contributed by atoms with E-state index in [-0.39, 0.29) is 24.3 Å². The summed E-state index contributed by atoms with van der Waals surface area (Å²) >= 11 is 1.22. The number of rotatable bonds is 7. The molecule has 0 spiro atoms. The van der Waals surface area contributed by atoms with Gasteiger partial charge < -0.3 is 15.2 Å². The highest BCUT2D eigenvalue weighted by molar-refractivity contribution is 7.18. The summed E-state index contributed by atoms with van der Waals surface area (Å²) in [6.07, 6.45) is 0.678. The van der Waals surface area contributed by atoms with Gasteiger partial charge in [0.25, 0.3) is 5.56 Å². The van der Waals surface area contributed by atoms with E-state index in [1.54, 1.807) is 32.3 Å². The van der Waals surface area contributed by atoms with E-state index in [0.717, 1.165) is 17.9 Å². The first-order valence-corrected chi connectivity index (χ1v) is 12.0. The van der Waals surface area contributed by atoms with Gasteiger partial charge in [0.1, 0.15) is 10.4 Å². The van der Waals surface area contributed by atoms with Gasteiger partial charge in [0.2, 0.25) is 0 Å². The van der Waals surface area contributed by atoms with Crippen LogP contribution in [-0.2, 0) is 28.1 Å². The summed E-state index contributed by atoms with van der Waals surface area (Å²) in [4.78, 5) is 52.1. The van der Waals surface area contributed by atoms with E-state index in [9.17, 15) is 19.2 Å². The molecular formula is C22H33N5O6S. The number of fused-ring (bicyclic) bond motifs is 1. The minimum atomic E-state index is -0.889. The van der Waals surface area contributed by atoms with Gasteiger partial charge in [-0.05, 0) is 59.9 Å². The van der Waals surface area contributed by atoms with E-state index in [1.165, 1.54) is 15.9 Å². The molecule has 3 rings (SSSR count). The average molecular weight is 496 g/mol. The Bertz CT molecular complexity index is 1220. The van der Waals surface area contributed by atoms with Crippen molar-refractivity contribution in [3.05, 3.63) is 31.3 Å². The normalized spacial score (nSPS) is 14.8. The fourth-order valence-corrected chi connectivity index (χ4v) is 4.95. The lowest BCUT2D eigenvalue weighted by atomic mass is 10.2. The molecule has 2 aromatic rings. The van der Waals surface area contributed by atoms with Crippen LogP contribution in [0.1, 0.15) is 57.9 Å². The Morgan fingerprint density at radius 2 is 1.91 bits per heavy atom. The molecule has 3 amide bonds. The number of thiophene rings is 1. The van der Waals surface area contributed by atoms with Crippen molar-refractivity contribution in [2.24, 2.45) is 5.73 Å². The molecule has 0 bridgehead atoms. The van der Waals surface area contributed by atoms with E-state index in [0.29, 0.717) is 33.9 Å². The third kappa shape index (κ3) is 5.27. The molecule has 3 N–H and O–H groups in total. The fraction of sp³-hybridized carbons (Fsp3) is 0.636. The van der Waals surface area contributed by atoms with Crippen LogP contribution in [0.2, 0.25) is 0 Å². The van der Waals surface area contributed by atoms with Crippen molar-refractivity contribution in [3.63, 3.8) is 0 Å². The molecule has 188 valence electrons. The first kappa shape index (κ1) is 25.8. The maximum absolute atomic E-state index is 13.4. The molecule has 2 aromatic heterocycles. The third-order valence-corrected chi connectivity index (χ3v) is 6.98. The van der Waals surface area contributed by atoms with Crippen molar-refractivity contribution in [2.75, 3.05) is 13.2 Å². The predicted octanol–water partition coefficient (Wildman–Crippen LogP) is 2.40. The van der Waals surface area contributed by atoms with Gasteiger partial charge >= 0.3 is 17.8 Å². The Balaban J connectivity index is 2.06. The van der Waals surface area contributed by atoms with Gasteiger partial charge in [-0.15, -0.1) is 11.3 Å². The predicted molar refractivity (Wildman–Crippen MR) is 129 cm³/mol. The second-order valence-electron chi connectivity index (χ2n) is 9.64. The summed E-state index contributed by atoms with van der Waals surface area (Å²) in [7, 11) is 0. The summed E-state index contributed by atoms with van der Waals surface area (Å²) in [5.41, 5.74) is 6.48. The zero-order valence-corrected chi connectivity index (χ0v) is 21.3. The topological polar surface area (TPSA) is 138 Å². The Labute approximate surface area is 201 Å². The Kier molecular flexibility index (Phi) is 7.13. The van der Waals surface area contributed by atoms with Crippen molar-refractivity contribution < 1.29 is 19.1 Å². The summed E-state index contributed by atoms with van der Waals surface area (Å²) in [6.45, 7) is 11.7. The lowest BCUT2D eigenvalue weighted by Crippen LogP contribution is -2.49. The van der Waals surface area contributed by atoms with E-state index in [2.05, 4.69) is 5.43 Å². The molecule has 11 nitrogen and oxygen atoms in total. The van der Waals surface area contributed by atoms with Crippen LogP contribution in [0.15, 0.2) is 9.59 Å². The molecule has 12 heteroatoms. The first-order chi connectivity index (χ1) is 15.8. The lowest BCUT2D eigenvalue weighted by molar-refractivity contribution is 0.0376. The van der Waals surface area contributed by atoms with Gasteiger partial charge in [-0.3, -0.25) is 13.9 Å². The van der Waals surface area contributed by atoms with Crippen molar-refractivity contribution in [2.45, 2.75) is 78.6 Å². The summed E-state index contributed by atoms with van der Waals surface area (Å²) in [6, 6.07) is -0.889. The SMILES string of the molecule is CCOCCn1c(=O)n(C2(C)CC2)c(=O)c2c(C)c(CN(NC(=O)OC(C)(C)C)C(N)=O)sc21. The van der Waals surface area contributed by atoms with E-state index in [1.807, 2.05) is 13.8 Å². The number of hydrazine groups is 1. The van der Waals surface area contributed by atoms with Gasteiger partial charge in [-0.2, -0.15) is 0 Å². The van der Waals surface area contributed by atoms with Crippen LogP contribution in [-0.4, -0.2) is 45.1 Å². The summed E-state index contributed by atoms with van der Waals surface area (Å²) in [5.74, 6) is 0. The number of hydrogen-bond acceptors (Lipinski definition) is 7. The first-order valence-electron chi connectivity index (χ1n) is 11.2. The molecule has 0 unspecified atom stereocenters. The highest BCUT2D eigenvalue weighted by Gasteiger charge is 2.43. The Morgan fingerprint density at radius 3 is 2.44 bits per heavy atom. The maximum atomic E-state index is 13.4. The number of nitrogens with zero attached hydrogens (tertiary/aromatic N) is 3. The van der Waals surface area contributed by atoms with Gasteiger partial charge in [-0.25, -0.2) is 24.8 Å². The van der Waals surface area contributed by atoms with Crippen molar-refractivity contribution >= 4 is 33.7 Å². The minimum Gasteiger partial charge on any atom is -0.443 e. The number of urea groups is 1. The van der Waals surface area contributed by atoms with Gasteiger partial charge in [0.15, 0.2) is 0 Å². The number of hydrogen-bond donors (Lipinski definition) is 2. The fourth-order valence-electron chi connectivity index (χ4n) is 3.65. The molecular weight excluding hydrogens is 462 g/mol. The van der Waals surface area contributed by atoms with Gasteiger partial charge in [-0.1, -0.05) is 0 Å². The lowest BCUT2D eigenvalue weighted by Gasteiger charge is -2.24. The number of nitrogens with one attached hydrogen (secondary N) is 1. The maximum Gasteiger partial charge on any atom is 0.426 e. The van der Waals surface area contributed by atoms with Crippen molar-refractivity contribution in [3.8, 4) is 0 Å². The molecule has 1 aliphatic rings. The van der Waals surface area contributed by atoms with E-state index >= 15 is 0 Å². The number of carbonyl (C=O) groups is 2. The summed E-state index contributed by atoms with van der Waals surface area (Å²) < 4.78 is 13.6. The molecule has 1 saturated carbocycles. The quantitative estimate of drug-likeness (QED) is 0.447. The average Bonchev–Trinajstić information content (AvgIpc) is 3.35. The van der Waals surface area contributed by atoms with Gasteiger partial charge in [0.05, 0.1) is 30.6 Å². The number of nitrogens with two attached hydrogens (primary N) is 1. The molecule has 2 heterocycles. The number of aryl methyl sites for hydroxylation is 1. The standard InChI is InChI=1S/C22H33N5O6S/c1-7-32-11-10-25-17-15(16(28)27(20(25)31)22(6)8-9-22)13(2)14(34-17)12-26(18(23)29)24-19(30)33-21(3,4)5/h7-12H2,1-6H3,(H2,23,29)(H,24,30). The zero-order valence-electron chi connectivity index (χ0n) is 20.5. The van der Waals surface area contributed by atoms with Crippen LogP contribution >= 0.6 is 11.3 Å². The van der Waals surface area contributed by atoms with Crippen LogP contribution in [0.5, 0.6) is 0 Å². The van der Waals surface area contributed by atoms with Crippen LogP contribution in [0.4, 0.5) is 9.59 Å². The minimum absolute atomic E-state index is 0.0872. The third-order valence-electron chi connectivity index (χ3n) is 5.68. The molecule has 0 atom stereocenters. The smallest absolute Gasteiger partial charge is 0.426 e. The van der Waals surface area contributed by atoms with E-state index < -0.39 is 23.3 Å². The Morgan fingerprint density at radius 1 is 1.26 bits per heavy atom. The number of aromatic nitrogens is 2. The van der Waals surface area contributed by atoms with Crippen molar-refractivity contribution in [1.29, 1.82) is 0 Å². The highest BCUT2D eigenvalue weighted by atomic mass is 32.1. The zero-order chi connectivity index (χ0) is 25.4. The van der Waals surface area contributed by atoms with Crippen LogP contribution in [0, 0.1) is 6.92 Å². The Hall–Kier alpha value is -2.86. The van der Waals surface area contributed by atoms with Crippen LogP contribution in [0.25, 0.3) is 10.2 Å². The molecule has 0 saturated heterocycles. The van der Waals surface area contributed by atoms with Crippen LogP contribution < -0.4 is 22.4 Å². The molecule has 0 aromatic carbocycles. The molecule has 34 heavy (non-hydrogen) atoms. The largest absolute Gasteiger partial charge is 0.443 e. The number of carbonyl (C=O) groups excluding carboxylic acids is 2. The second kappa shape index (κ2) is 9.41. The second-order valence-corrected chi connectivity index (χ2v) is 10.7. The molecule has 1 aliphatic carbocycles. The monoisotopic (exact) mass is 495 g/mol. The number of primary amides is 1. The number of amides is 3.